The molecular formula is C10H16N2O2. The highest BCUT2D eigenvalue weighted by Gasteiger charge is 2.35. The second-order valence-electron chi connectivity index (χ2n) is 4.11. The Kier molecular flexibility index (Phi) is 2.66. The maximum atomic E-state index is 11.0. The predicted octanol–water partition coefficient (Wildman–Crippen LogP) is 1.14. The van der Waals surface area contributed by atoms with Crippen LogP contribution in [0.2, 0.25) is 0 Å². The van der Waals surface area contributed by atoms with Crippen molar-refractivity contribution in [1.82, 2.24) is 4.57 Å². The molecule has 1 heterocycles. The Bertz CT molecular complexity index is 342. The first-order chi connectivity index (χ1) is 6.35. The lowest BCUT2D eigenvalue weighted by atomic mass is 9.82. The minimum absolute atomic E-state index is 0.485. The molecule has 4 nitrogen and oxygen atoms in total. The van der Waals surface area contributed by atoms with Gasteiger partial charge in [0.15, 0.2) is 0 Å². The number of aromatic nitrogens is 1. The molecule has 1 aromatic heterocycles. The first-order valence-corrected chi connectivity index (χ1v) is 4.46. The average molecular weight is 196 g/mol. The molecule has 3 N–H and O–H groups in total. The van der Waals surface area contributed by atoms with Gasteiger partial charge in [0.2, 0.25) is 0 Å². The minimum atomic E-state index is -0.943. The van der Waals surface area contributed by atoms with E-state index in [-0.39, 0.29) is 0 Å². The largest absolute Gasteiger partial charge is 0.481 e. The maximum Gasteiger partial charge on any atom is 0.311 e. The van der Waals surface area contributed by atoms with E-state index in [1.165, 1.54) is 0 Å². The molecule has 0 radical (unpaired) electrons. The summed E-state index contributed by atoms with van der Waals surface area (Å²) < 4.78 is 1.85. The van der Waals surface area contributed by atoms with Crippen LogP contribution in [0.5, 0.6) is 0 Å². The summed E-state index contributed by atoms with van der Waals surface area (Å²) in [6.45, 7) is 3.26. The number of nitrogens with two attached hydrogens (primary N) is 1. The van der Waals surface area contributed by atoms with Gasteiger partial charge in [-0.2, -0.15) is 0 Å². The summed E-state index contributed by atoms with van der Waals surface area (Å²) in [5.74, 6) is -0.881. The number of aliphatic carboxylic acids is 1. The molecule has 0 spiro atoms. The molecule has 1 atom stereocenters. The Balaban J connectivity index is 2.95. The van der Waals surface area contributed by atoms with E-state index in [1.54, 1.807) is 13.8 Å². The second kappa shape index (κ2) is 3.46. The summed E-state index contributed by atoms with van der Waals surface area (Å²) in [4.78, 5) is 11.0. The molecule has 0 bridgehead atoms. The molecule has 0 aliphatic rings. The van der Waals surface area contributed by atoms with Crippen LogP contribution < -0.4 is 5.73 Å². The fraction of sp³-hybridized carbons (Fsp3) is 0.500. The van der Waals surface area contributed by atoms with Gasteiger partial charge in [-0.15, -0.1) is 0 Å². The van der Waals surface area contributed by atoms with E-state index in [2.05, 4.69) is 0 Å². The number of hydrogen-bond donors (Lipinski definition) is 2. The summed E-state index contributed by atoms with van der Waals surface area (Å²) in [5, 5.41) is 8.99. The molecule has 0 amide bonds. The Morgan fingerprint density at radius 1 is 1.64 bits per heavy atom. The zero-order valence-electron chi connectivity index (χ0n) is 8.69. The number of rotatable bonds is 3. The third-order valence-electron chi connectivity index (χ3n) is 2.54. The van der Waals surface area contributed by atoms with Gasteiger partial charge in [0.1, 0.15) is 0 Å². The second-order valence-corrected chi connectivity index (χ2v) is 4.11. The topological polar surface area (TPSA) is 68.2 Å². The standard InChI is InChI=1S/C10H16N2O2/c1-10(2,9(13)14)8(11)7-4-5-12(3)6-7/h4-6,8H,11H2,1-3H3,(H,13,14). The zero-order valence-corrected chi connectivity index (χ0v) is 8.69. The maximum absolute atomic E-state index is 11.0. The van der Waals surface area contributed by atoms with E-state index in [0.717, 1.165) is 5.56 Å². The van der Waals surface area contributed by atoms with Gasteiger partial charge in [-0.1, -0.05) is 0 Å². The number of carbonyl (C=O) groups is 1. The summed E-state index contributed by atoms with van der Waals surface area (Å²) in [6.07, 6.45) is 3.70. The van der Waals surface area contributed by atoms with Crippen LogP contribution in [0.15, 0.2) is 18.5 Å². The molecule has 1 aromatic rings. The van der Waals surface area contributed by atoms with Gasteiger partial charge < -0.3 is 15.4 Å². The van der Waals surface area contributed by atoms with Gasteiger partial charge in [-0.25, -0.2) is 0 Å². The van der Waals surface area contributed by atoms with Crippen LogP contribution in [0.1, 0.15) is 25.5 Å². The monoisotopic (exact) mass is 196 g/mol. The van der Waals surface area contributed by atoms with Crippen LogP contribution in [0.3, 0.4) is 0 Å². The lowest BCUT2D eigenvalue weighted by Gasteiger charge is -2.26. The quantitative estimate of drug-likeness (QED) is 0.761. The van der Waals surface area contributed by atoms with Crippen molar-refractivity contribution in [2.45, 2.75) is 19.9 Å². The molecule has 1 rings (SSSR count). The first-order valence-electron chi connectivity index (χ1n) is 4.46. The summed E-state index contributed by atoms with van der Waals surface area (Å²) in [5.41, 5.74) is 5.80. The molecule has 1 unspecified atom stereocenters. The van der Waals surface area contributed by atoms with Crippen molar-refractivity contribution in [3.8, 4) is 0 Å². The van der Waals surface area contributed by atoms with Gasteiger partial charge >= 0.3 is 5.97 Å². The van der Waals surface area contributed by atoms with E-state index in [4.69, 9.17) is 10.8 Å². The zero-order chi connectivity index (χ0) is 10.9. The van der Waals surface area contributed by atoms with Gasteiger partial charge in [0.25, 0.3) is 0 Å². The van der Waals surface area contributed by atoms with E-state index in [9.17, 15) is 4.79 Å². The van der Waals surface area contributed by atoms with E-state index in [0.29, 0.717) is 0 Å². The predicted molar refractivity (Wildman–Crippen MR) is 53.8 cm³/mol. The highest BCUT2D eigenvalue weighted by molar-refractivity contribution is 5.74. The Morgan fingerprint density at radius 2 is 2.21 bits per heavy atom. The number of nitrogens with zero attached hydrogens (tertiary/aromatic N) is 1. The number of aryl methyl sites for hydroxylation is 1. The Morgan fingerprint density at radius 3 is 2.57 bits per heavy atom. The van der Waals surface area contributed by atoms with Crippen LogP contribution in [0.4, 0.5) is 0 Å². The minimum Gasteiger partial charge on any atom is -0.481 e. The molecule has 14 heavy (non-hydrogen) atoms. The van der Waals surface area contributed by atoms with E-state index in [1.807, 2.05) is 30.1 Å². The lowest BCUT2D eigenvalue weighted by Crippen LogP contribution is -2.36. The molecule has 78 valence electrons. The lowest BCUT2D eigenvalue weighted by molar-refractivity contribution is -0.148. The van der Waals surface area contributed by atoms with Crippen molar-refractivity contribution in [1.29, 1.82) is 0 Å². The number of carboxylic acids is 1. The normalized spacial score (nSPS) is 14.0. The van der Waals surface area contributed by atoms with Crippen LogP contribution >= 0.6 is 0 Å². The Hall–Kier alpha value is -1.29. The highest BCUT2D eigenvalue weighted by atomic mass is 16.4. The van der Waals surface area contributed by atoms with Crippen LogP contribution in [0, 0.1) is 5.41 Å². The van der Waals surface area contributed by atoms with E-state index >= 15 is 0 Å². The summed E-state index contributed by atoms with van der Waals surface area (Å²) >= 11 is 0. The van der Waals surface area contributed by atoms with Crippen molar-refractivity contribution in [3.63, 3.8) is 0 Å². The van der Waals surface area contributed by atoms with Crippen molar-refractivity contribution in [3.05, 3.63) is 24.0 Å². The molecule has 0 aliphatic heterocycles. The smallest absolute Gasteiger partial charge is 0.311 e. The van der Waals surface area contributed by atoms with Crippen molar-refractivity contribution < 1.29 is 9.90 Å². The fourth-order valence-corrected chi connectivity index (χ4v) is 1.26. The van der Waals surface area contributed by atoms with Crippen molar-refractivity contribution in [2.24, 2.45) is 18.2 Å². The third-order valence-corrected chi connectivity index (χ3v) is 2.54. The summed E-state index contributed by atoms with van der Waals surface area (Å²) in [7, 11) is 1.88. The molecule has 0 aromatic carbocycles. The summed E-state index contributed by atoms with van der Waals surface area (Å²) in [6, 6.07) is 1.36. The number of carboxylic acid groups (broad SMARTS) is 1. The Labute approximate surface area is 83.3 Å². The van der Waals surface area contributed by atoms with Crippen molar-refractivity contribution in [2.75, 3.05) is 0 Å². The SMILES string of the molecule is Cn1ccc(C(N)C(C)(C)C(=O)O)c1. The van der Waals surface area contributed by atoms with Gasteiger partial charge in [0, 0.05) is 25.5 Å². The highest BCUT2D eigenvalue weighted by Crippen LogP contribution is 2.31. The molecule has 0 saturated heterocycles. The number of hydrogen-bond acceptors (Lipinski definition) is 2. The molecular weight excluding hydrogens is 180 g/mol. The fourth-order valence-electron chi connectivity index (χ4n) is 1.26. The van der Waals surface area contributed by atoms with Crippen molar-refractivity contribution >= 4 is 5.97 Å². The van der Waals surface area contributed by atoms with Gasteiger partial charge in [0.05, 0.1) is 5.41 Å². The van der Waals surface area contributed by atoms with Gasteiger partial charge in [-0.3, -0.25) is 4.79 Å². The molecule has 0 fully saturated rings. The van der Waals surface area contributed by atoms with E-state index < -0.39 is 17.4 Å². The van der Waals surface area contributed by atoms with Crippen LogP contribution in [-0.4, -0.2) is 15.6 Å². The molecule has 4 heteroatoms. The van der Waals surface area contributed by atoms with Crippen LogP contribution in [0.25, 0.3) is 0 Å². The average Bonchev–Trinajstić information content (AvgIpc) is 2.50. The first kappa shape index (κ1) is 10.8. The van der Waals surface area contributed by atoms with Crippen LogP contribution in [-0.2, 0) is 11.8 Å². The molecule has 0 aliphatic carbocycles. The molecule has 0 saturated carbocycles. The van der Waals surface area contributed by atoms with Gasteiger partial charge in [-0.05, 0) is 25.5 Å². The third kappa shape index (κ3) is 1.80.